The fourth-order valence-corrected chi connectivity index (χ4v) is 14.3. The van der Waals surface area contributed by atoms with Crippen LogP contribution in [0.3, 0.4) is 0 Å². The highest BCUT2D eigenvalue weighted by atomic mass is 79.9. The second kappa shape index (κ2) is 17.1. The average molecular weight is 878 g/mol. The van der Waals surface area contributed by atoms with Gasteiger partial charge in [0.25, 0.3) is 5.91 Å². The summed E-state index contributed by atoms with van der Waals surface area (Å²) in [4.78, 5) is 30.4. The van der Waals surface area contributed by atoms with E-state index in [9.17, 15) is 9.90 Å². The predicted molar refractivity (Wildman–Crippen MR) is 236 cm³/mol. The van der Waals surface area contributed by atoms with Crippen LogP contribution in [-0.4, -0.2) is 72.9 Å². The van der Waals surface area contributed by atoms with Crippen LogP contribution >= 0.6 is 15.9 Å². The molecule has 8 rings (SSSR count). The lowest BCUT2D eigenvalue weighted by molar-refractivity contribution is -0.146. The van der Waals surface area contributed by atoms with Crippen LogP contribution in [0.15, 0.2) is 108 Å². The zero-order valence-corrected chi connectivity index (χ0v) is 36.7. The maximum atomic E-state index is 15.4. The summed E-state index contributed by atoms with van der Waals surface area (Å²) in [5.74, 6) is 0.207. The van der Waals surface area contributed by atoms with Gasteiger partial charge in [0.15, 0.2) is 5.60 Å². The zero-order valence-electron chi connectivity index (χ0n) is 34.1. The Kier molecular flexibility index (Phi) is 11.9. The molecule has 1 aromatic heterocycles. The molecule has 2 unspecified atom stereocenters. The number of rotatable bonds is 13. The summed E-state index contributed by atoms with van der Waals surface area (Å²) < 4.78 is 15.6. The minimum absolute atomic E-state index is 0.0150. The summed E-state index contributed by atoms with van der Waals surface area (Å²) in [6.07, 6.45) is 4.09. The molecule has 0 saturated carbocycles. The standard InChI is InChI=1S/C46H53BrN6O5Si/c1-30-43(59(3,4)37-18-16-36(57-2)17-19-37)42(21-23-52-28-40(50-51-52)38(29-54)32-11-6-5-7-12-32)58-46(30)39-25-34(47)15-20-41(39)53(45(46)56)27-31-10-8-14-35(24-31)49-44(55)33-13-9-22-48-26-33/h5-8,10-12,14-20,24-25,28,30,33,38,42-43,48,54H,9,13,21-23,26-27,29H2,1-4H3,(H,49,55)/t30-,33?,38?,42+,43-,46+/m1/s1. The van der Waals surface area contributed by atoms with Crippen LogP contribution in [0.5, 0.6) is 5.75 Å². The molecule has 2 saturated heterocycles. The van der Waals surface area contributed by atoms with Crippen LogP contribution in [0, 0.1) is 11.8 Å². The molecule has 11 nitrogen and oxygen atoms in total. The van der Waals surface area contributed by atoms with Gasteiger partial charge < -0.3 is 30.1 Å². The van der Waals surface area contributed by atoms with Crippen molar-refractivity contribution in [2.45, 2.75) is 75.5 Å². The fraction of sp³-hybridized carbons (Fsp3) is 0.391. The van der Waals surface area contributed by atoms with E-state index >= 15 is 4.79 Å². The number of aryl methyl sites for hydroxylation is 1. The largest absolute Gasteiger partial charge is 0.497 e. The Morgan fingerprint density at radius 2 is 1.88 bits per heavy atom. The van der Waals surface area contributed by atoms with Crippen LogP contribution in [0.4, 0.5) is 11.4 Å². The van der Waals surface area contributed by atoms with Crippen LogP contribution in [0.25, 0.3) is 0 Å². The van der Waals surface area contributed by atoms with Gasteiger partial charge in [0.05, 0.1) is 57.7 Å². The van der Waals surface area contributed by atoms with Crippen LogP contribution < -0.4 is 25.5 Å². The molecule has 3 aliphatic rings. The van der Waals surface area contributed by atoms with Gasteiger partial charge in [-0.15, -0.1) is 5.10 Å². The molecule has 6 atom stereocenters. The number of aromatic nitrogens is 3. The van der Waals surface area contributed by atoms with Crippen molar-refractivity contribution in [3.05, 3.63) is 130 Å². The summed E-state index contributed by atoms with van der Waals surface area (Å²) in [6.45, 7) is 9.35. The molecule has 2 fully saturated rings. The molecule has 0 aliphatic carbocycles. The monoisotopic (exact) mass is 876 g/mol. The van der Waals surface area contributed by atoms with Crippen molar-refractivity contribution in [1.82, 2.24) is 20.3 Å². The second-order valence-electron chi connectivity index (χ2n) is 16.8. The van der Waals surface area contributed by atoms with E-state index in [0.29, 0.717) is 31.7 Å². The van der Waals surface area contributed by atoms with Gasteiger partial charge in [-0.2, -0.15) is 0 Å². The minimum Gasteiger partial charge on any atom is -0.497 e. The number of methoxy groups -OCH3 is 1. The van der Waals surface area contributed by atoms with Crippen molar-refractivity contribution in [3.63, 3.8) is 0 Å². The van der Waals surface area contributed by atoms with Gasteiger partial charge in [0.1, 0.15) is 5.75 Å². The average Bonchev–Trinajstić information content (AvgIpc) is 3.91. The lowest BCUT2D eigenvalue weighted by Gasteiger charge is -2.37. The molecule has 3 aliphatic heterocycles. The Balaban J connectivity index is 1.11. The number of anilines is 2. The molecule has 5 aromatic rings. The van der Waals surface area contributed by atoms with E-state index < -0.39 is 13.7 Å². The number of ether oxygens (including phenoxy) is 2. The zero-order chi connectivity index (χ0) is 41.3. The smallest absolute Gasteiger partial charge is 0.264 e. The molecule has 308 valence electrons. The summed E-state index contributed by atoms with van der Waals surface area (Å²) >= 11 is 3.74. The molecule has 2 amide bonds. The maximum Gasteiger partial charge on any atom is 0.264 e. The van der Waals surface area contributed by atoms with E-state index in [1.165, 1.54) is 5.19 Å². The first kappa shape index (κ1) is 41.1. The Hall–Kier alpha value is -4.66. The lowest BCUT2D eigenvalue weighted by atomic mass is 9.82. The summed E-state index contributed by atoms with van der Waals surface area (Å²) in [6, 6.07) is 32.1. The van der Waals surface area contributed by atoms with Crippen molar-refractivity contribution < 1.29 is 24.2 Å². The van der Waals surface area contributed by atoms with Crippen molar-refractivity contribution in [3.8, 4) is 5.75 Å². The Morgan fingerprint density at radius 1 is 1.08 bits per heavy atom. The number of aliphatic hydroxyl groups excluding tert-OH is 1. The van der Waals surface area contributed by atoms with Crippen molar-refractivity contribution in [2.24, 2.45) is 11.8 Å². The van der Waals surface area contributed by atoms with Gasteiger partial charge in [-0.1, -0.05) is 101 Å². The summed E-state index contributed by atoms with van der Waals surface area (Å²) in [5, 5.41) is 27.0. The van der Waals surface area contributed by atoms with Gasteiger partial charge in [-0.25, -0.2) is 0 Å². The third-order valence-electron chi connectivity index (χ3n) is 12.9. The number of nitrogens with one attached hydrogen (secondary N) is 2. The molecule has 4 aromatic carbocycles. The molecule has 0 radical (unpaired) electrons. The molecule has 1 spiro atoms. The summed E-state index contributed by atoms with van der Waals surface area (Å²) in [7, 11) is -0.709. The van der Waals surface area contributed by atoms with E-state index in [1.54, 1.807) is 7.11 Å². The predicted octanol–water partition coefficient (Wildman–Crippen LogP) is 6.96. The topological polar surface area (TPSA) is 131 Å². The second-order valence-corrected chi connectivity index (χ2v) is 22.4. The highest BCUT2D eigenvalue weighted by Crippen LogP contribution is 2.60. The molecule has 59 heavy (non-hydrogen) atoms. The molecular formula is C46H53BrN6O5Si. The van der Waals surface area contributed by atoms with E-state index in [0.717, 1.165) is 57.7 Å². The number of hydrogen-bond donors (Lipinski definition) is 3. The van der Waals surface area contributed by atoms with E-state index in [-0.39, 0.29) is 47.8 Å². The Morgan fingerprint density at radius 3 is 2.61 bits per heavy atom. The number of benzene rings is 4. The van der Waals surface area contributed by atoms with Crippen molar-refractivity contribution in [1.29, 1.82) is 0 Å². The number of aliphatic hydroxyl groups is 1. The van der Waals surface area contributed by atoms with Gasteiger partial charge in [0.2, 0.25) is 5.91 Å². The quantitative estimate of drug-likeness (QED) is 0.108. The number of carbonyl (C=O) groups is 2. The number of fused-ring (bicyclic) bond motifs is 2. The van der Waals surface area contributed by atoms with Crippen LogP contribution in [-0.2, 0) is 33.0 Å². The normalized spacial score (nSPS) is 23.4. The third kappa shape index (κ3) is 7.91. The highest BCUT2D eigenvalue weighted by Gasteiger charge is 2.66. The number of amides is 2. The number of carbonyl (C=O) groups excluding carboxylic acids is 2. The highest BCUT2D eigenvalue weighted by molar-refractivity contribution is 9.10. The molecular weight excluding hydrogens is 825 g/mol. The first-order valence-corrected chi connectivity index (χ1v) is 24.5. The molecule has 13 heteroatoms. The van der Waals surface area contributed by atoms with Gasteiger partial charge in [-0.05, 0) is 84.9 Å². The van der Waals surface area contributed by atoms with Gasteiger partial charge >= 0.3 is 0 Å². The van der Waals surface area contributed by atoms with Crippen LogP contribution in [0.2, 0.25) is 18.6 Å². The van der Waals surface area contributed by atoms with Crippen molar-refractivity contribution >= 4 is 52.4 Å². The van der Waals surface area contributed by atoms with Gasteiger partial charge in [-0.3, -0.25) is 14.3 Å². The maximum absolute atomic E-state index is 15.4. The molecule has 3 N–H and O–H groups in total. The van der Waals surface area contributed by atoms with Gasteiger partial charge in [0, 0.05) is 40.9 Å². The van der Waals surface area contributed by atoms with E-state index in [4.69, 9.17) is 9.47 Å². The number of nitrogens with zero attached hydrogens (tertiary/aromatic N) is 4. The number of piperidine rings is 1. The van der Waals surface area contributed by atoms with Crippen LogP contribution in [0.1, 0.15) is 54.5 Å². The van der Waals surface area contributed by atoms with E-state index in [2.05, 4.69) is 75.1 Å². The Labute approximate surface area is 355 Å². The fourth-order valence-electron chi connectivity index (χ4n) is 9.86. The molecule has 4 heterocycles. The number of hydrogen-bond acceptors (Lipinski definition) is 8. The van der Waals surface area contributed by atoms with Crippen molar-refractivity contribution in [2.75, 3.05) is 37.0 Å². The number of halogens is 1. The molecule has 0 bridgehead atoms. The third-order valence-corrected chi connectivity index (χ3v) is 17.8. The first-order valence-electron chi connectivity index (χ1n) is 20.6. The SMILES string of the molecule is COc1ccc([Si](C)(C)[C@H]2[C@H](CCn3cc(C(CO)c4ccccc4)nn3)O[C@@]3(C(=O)N(Cc4cccc(NC(=O)C5CCCNC5)c4)c4ccc(Br)cc43)[C@@H]2C)cc1. The Bertz CT molecular complexity index is 2280. The van der Waals surface area contributed by atoms with E-state index in [1.807, 2.05) is 94.6 Å². The minimum atomic E-state index is -2.39. The lowest BCUT2D eigenvalue weighted by Crippen LogP contribution is -2.51. The summed E-state index contributed by atoms with van der Waals surface area (Å²) in [5.41, 5.74) is 3.82. The first-order chi connectivity index (χ1) is 28.5.